The van der Waals surface area contributed by atoms with Gasteiger partial charge in [-0.25, -0.2) is 0 Å². The van der Waals surface area contributed by atoms with Crippen molar-refractivity contribution in [2.45, 2.75) is 0 Å². The van der Waals surface area contributed by atoms with E-state index >= 15 is 0 Å². The summed E-state index contributed by atoms with van der Waals surface area (Å²) in [7, 11) is 0. The van der Waals surface area contributed by atoms with E-state index in [1.54, 1.807) is 24.3 Å². The summed E-state index contributed by atoms with van der Waals surface area (Å²) >= 11 is 0. The SMILES string of the molecule is NC(=O)c1ccccc1NC(=O)CNc1ccccc1. The number of hydrogen-bond acceptors (Lipinski definition) is 3. The summed E-state index contributed by atoms with van der Waals surface area (Å²) in [6, 6.07) is 16.0. The molecule has 5 nitrogen and oxygen atoms in total. The van der Waals surface area contributed by atoms with Gasteiger partial charge in [-0.15, -0.1) is 0 Å². The molecule has 102 valence electrons. The van der Waals surface area contributed by atoms with E-state index in [4.69, 9.17) is 5.73 Å². The van der Waals surface area contributed by atoms with Crippen molar-refractivity contribution >= 4 is 23.2 Å². The number of anilines is 2. The molecule has 0 atom stereocenters. The molecule has 2 aromatic rings. The van der Waals surface area contributed by atoms with Gasteiger partial charge in [-0.2, -0.15) is 0 Å². The van der Waals surface area contributed by atoms with Crippen LogP contribution in [0.5, 0.6) is 0 Å². The largest absolute Gasteiger partial charge is 0.376 e. The molecule has 0 fully saturated rings. The second kappa shape index (κ2) is 6.38. The van der Waals surface area contributed by atoms with Crippen LogP contribution in [-0.4, -0.2) is 18.4 Å². The van der Waals surface area contributed by atoms with E-state index in [0.717, 1.165) is 5.69 Å². The van der Waals surface area contributed by atoms with Gasteiger partial charge >= 0.3 is 0 Å². The molecule has 0 heterocycles. The fourth-order valence-corrected chi connectivity index (χ4v) is 1.74. The van der Waals surface area contributed by atoms with E-state index in [1.807, 2.05) is 30.3 Å². The Labute approximate surface area is 116 Å². The second-order valence-electron chi connectivity index (χ2n) is 4.18. The molecule has 20 heavy (non-hydrogen) atoms. The van der Waals surface area contributed by atoms with E-state index in [0.29, 0.717) is 11.3 Å². The van der Waals surface area contributed by atoms with Gasteiger partial charge in [-0.05, 0) is 24.3 Å². The van der Waals surface area contributed by atoms with Crippen LogP contribution in [-0.2, 0) is 4.79 Å². The lowest BCUT2D eigenvalue weighted by Crippen LogP contribution is -2.24. The van der Waals surface area contributed by atoms with Crippen molar-refractivity contribution in [3.63, 3.8) is 0 Å². The van der Waals surface area contributed by atoms with Gasteiger partial charge in [0.2, 0.25) is 5.91 Å². The maximum absolute atomic E-state index is 11.8. The van der Waals surface area contributed by atoms with Gasteiger partial charge in [-0.1, -0.05) is 30.3 Å². The molecule has 0 saturated carbocycles. The maximum atomic E-state index is 11.8. The highest BCUT2D eigenvalue weighted by Gasteiger charge is 2.09. The first-order valence-electron chi connectivity index (χ1n) is 6.14. The molecular weight excluding hydrogens is 254 g/mol. The normalized spacial score (nSPS) is 9.80. The van der Waals surface area contributed by atoms with Crippen molar-refractivity contribution in [2.75, 3.05) is 17.2 Å². The van der Waals surface area contributed by atoms with E-state index in [2.05, 4.69) is 10.6 Å². The fourth-order valence-electron chi connectivity index (χ4n) is 1.74. The smallest absolute Gasteiger partial charge is 0.250 e. The third-order valence-corrected chi connectivity index (χ3v) is 2.69. The van der Waals surface area contributed by atoms with Crippen LogP contribution in [0.25, 0.3) is 0 Å². The molecule has 4 N–H and O–H groups in total. The molecule has 0 spiro atoms. The average Bonchev–Trinajstić information content (AvgIpc) is 2.46. The quantitative estimate of drug-likeness (QED) is 0.774. The summed E-state index contributed by atoms with van der Waals surface area (Å²) in [5.74, 6) is -0.820. The Kier molecular flexibility index (Phi) is 4.34. The van der Waals surface area contributed by atoms with Crippen molar-refractivity contribution in [1.29, 1.82) is 0 Å². The summed E-state index contributed by atoms with van der Waals surface area (Å²) in [6.45, 7) is 0.108. The third kappa shape index (κ3) is 3.58. The first kappa shape index (κ1) is 13.6. The lowest BCUT2D eigenvalue weighted by Gasteiger charge is -2.10. The fraction of sp³-hybridized carbons (Fsp3) is 0.0667. The number of rotatable bonds is 5. The van der Waals surface area contributed by atoms with Crippen molar-refractivity contribution in [3.8, 4) is 0 Å². The van der Waals surface area contributed by atoms with Crippen molar-refractivity contribution in [1.82, 2.24) is 0 Å². The summed E-state index contributed by atoms with van der Waals surface area (Å²) in [5.41, 5.74) is 6.81. The standard InChI is InChI=1S/C15H15N3O2/c16-15(20)12-8-4-5-9-13(12)18-14(19)10-17-11-6-2-1-3-7-11/h1-9,17H,10H2,(H2,16,20)(H,18,19). The Morgan fingerprint density at radius 3 is 2.30 bits per heavy atom. The van der Waals surface area contributed by atoms with E-state index in [9.17, 15) is 9.59 Å². The number of primary amides is 1. The number of para-hydroxylation sites is 2. The zero-order chi connectivity index (χ0) is 14.4. The minimum atomic E-state index is -0.572. The highest BCUT2D eigenvalue weighted by Crippen LogP contribution is 2.14. The Balaban J connectivity index is 1.97. The predicted octanol–water partition coefficient (Wildman–Crippen LogP) is 1.84. The van der Waals surface area contributed by atoms with Crippen molar-refractivity contribution in [3.05, 3.63) is 60.2 Å². The number of carbonyl (C=O) groups is 2. The molecule has 0 aromatic heterocycles. The molecule has 0 aliphatic rings. The zero-order valence-corrected chi connectivity index (χ0v) is 10.8. The molecule has 0 radical (unpaired) electrons. The van der Waals surface area contributed by atoms with Crippen LogP contribution in [0.2, 0.25) is 0 Å². The van der Waals surface area contributed by atoms with E-state index in [-0.39, 0.29) is 12.5 Å². The summed E-state index contributed by atoms with van der Waals surface area (Å²) in [4.78, 5) is 23.1. The second-order valence-corrected chi connectivity index (χ2v) is 4.18. The first-order valence-corrected chi connectivity index (χ1v) is 6.14. The molecule has 5 heteroatoms. The van der Waals surface area contributed by atoms with Gasteiger partial charge in [0, 0.05) is 5.69 Å². The Bertz CT molecular complexity index is 612. The van der Waals surface area contributed by atoms with Crippen LogP contribution in [0.4, 0.5) is 11.4 Å². The first-order chi connectivity index (χ1) is 9.66. The van der Waals surface area contributed by atoms with Crippen LogP contribution in [0, 0.1) is 0 Å². The molecule has 0 aliphatic heterocycles. The molecule has 2 amide bonds. The Morgan fingerprint density at radius 2 is 1.60 bits per heavy atom. The van der Waals surface area contributed by atoms with Gasteiger partial charge in [0.05, 0.1) is 17.8 Å². The number of amides is 2. The van der Waals surface area contributed by atoms with Crippen LogP contribution in [0.15, 0.2) is 54.6 Å². The summed E-state index contributed by atoms with van der Waals surface area (Å²) in [5, 5.41) is 5.64. The molecule has 2 rings (SSSR count). The number of nitrogens with two attached hydrogens (primary N) is 1. The van der Waals surface area contributed by atoms with Crippen molar-refractivity contribution < 1.29 is 9.59 Å². The highest BCUT2D eigenvalue weighted by molar-refractivity contribution is 6.03. The summed E-state index contributed by atoms with van der Waals surface area (Å²) in [6.07, 6.45) is 0. The lowest BCUT2D eigenvalue weighted by molar-refractivity contribution is -0.114. The monoisotopic (exact) mass is 269 g/mol. The van der Waals surface area contributed by atoms with Gasteiger partial charge in [0.15, 0.2) is 0 Å². The van der Waals surface area contributed by atoms with Crippen LogP contribution in [0.1, 0.15) is 10.4 Å². The number of hydrogen-bond donors (Lipinski definition) is 3. The molecule has 0 bridgehead atoms. The Morgan fingerprint density at radius 1 is 0.950 bits per heavy atom. The molecule has 0 aliphatic carbocycles. The number of nitrogens with one attached hydrogen (secondary N) is 2. The lowest BCUT2D eigenvalue weighted by atomic mass is 10.1. The topological polar surface area (TPSA) is 84.2 Å². The maximum Gasteiger partial charge on any atom is 0.250 e. The molecule has 2 aromatic carbocycles. The van der Waals surface area contributed by atoms with Crippen LogP contribution < -0.4 is 16.4 Å². The summed E-state index contributed by atoms with van der Waals surface area (Å²) < 4.78 is 0. The van der Waals surface area contributed by atoms with Crippen LogP contribution in [0.3, 0.4) is 0 Å². The Hall–Kier alpha value is -2.82. The molecule has 0 unspecified atom stereocenters. The third-order valence-electron chi connectivity index (χ3n) is 2.69. The zero-order valence-electron chi connectivity index (χ0n) is 10.8. The van der Waals surface area contributed by atoms with Gasteiger partial charge < -0.3 is 16.4 Å². The molecule has 0 saturated heterocycles. The van der Waals surface area contributed by atoms with Crippen molar-refractivity contribution in [2.24, 2.45) is 5.73 Å². The highest BCUT2D eigenvalue weighted by atomic mass is 16.2. The number of benzene rings is 2. The van der Waals surface area contributed by atoms with Gasteiger partial charge in [-0.3, -0.25) is 9.59 Å². The molecular formula is C15H15N3O2. The minimum Gasteiger partial charge on any atom is -0.376 e. The predicted molar refractivity (Wildman–Crippen MR) is 78.5 cm³/mol. The van der Waals surface area contributed by atoms with E-state index in [1.165, 1.54) is 0 Å². The van der Waals surface area contributed by atoms with Crippen LogP contribution >= 0.6 is 0 Å². The van der Waals surface area contributed by atoms with E-state index < -0.39 is 5.91 Å². The average molecular weight is 269 g/mol. The number of carbonyl (C=O) groups excluding carboxylic acids is 2. The van der Waals surface area contributed by atoms with Gasteiger partial charge in [0.1, 0.15) is 0 Å². The van der Waals surface area contributed by atoms with Gasteiger partial charge in [0.25, 0.3) is 5.91 Å². The minimum absolute atomic E-state index is 0.108.